The average Bonchev–Trinajstić information content (AvgIpc) is 3.31. The second-order valence-electron chi connectivity index (χ2n) is 6.96. The van der Waals surface area contributed by atoms with E-state index in [1.165, 1.54) is 16.5 Å². The highest BCUT2D eigenvalue weighted by atomic mass is 35.5. The fraction of sp³-hybridized carbons (Fsp3) is 0.318. The molecule has 1 saturated heterocycles. The van der Waals surface area contributed by atoms with E-state index in [1.807, 2.05) is 17.0 Å². The molecule has 1 aliphatic heterocycles. The van der Waals surface area contributed by atoms with Crippen LogP contribution in [0.4, 0.5) is 0 Å². The van der Waals surface area contributed by atoms with Crippen molar-refractivity contribution >= 4 is 28.4 Å². The van der Waals surface area contributed by atoms with Crippen LogP contribution in [-0.2, 0) is 11.3 Å². The number of carbonyl (C=O) groups is 1. The van der Waals surface area contributed by atoms with Gasteiger partial charge in [0, 0.05) is 47.7 Å². The molecule has 27 heavy (non-hydrogen) atoms. The predicted molar refractivity (Wildman–Crippen MR) is 108 cm³/mol. The van der Waals surface area contributed by atoms with E-state index < -0.39 is 0 Å². The summed E-state index contributed by atoms with van der Waals surface area (Å²) in [7, 11) is 0. The third-order valence-electron chi connectivity index (χ3n) is 5.30. The third-order valence-corrected chi connectivity index (χ3v) is 5.53. The molecule has 0 saturated carbocycles. The van der Waals surface area contributed by atoms with Gasteiger partial charge in [-0.3, -0.25) is 4.79 Å². The monoisotopic (exact) mass is 382 g/mol. The Morgan fingerprint density at radius 3 is 2.89 bits per heavy atom. The molecule has 2 heterocycles. The van der Waals surface area contributed by atoms with E-state index in [-0.39, 0.29) is 12.5 Å². The molecule has 4 rings (SSSR count). The smallest absolute Gasteiger partial charge is 0.260 e. The SMILES string of the molecule is CCn1cc(C2CCN(C(=O)COc3cccc(Cl)c3)C2)c2ccccc21. The van der Waals surface area contributed by atoms with E-state index in [4.69, 9.17) is 16.3 Å². The van der Waals surface area contributed by atoms with Gasteiger partial charge in [0.25, 0.3) is 5.91 Å². The number of hydrogen-bond acceptors (Lipinski definition) is 2. The molecule has 1 atom stereocenters. The minimum Gasteiger partial charge on any atom is -0.484 e. The fourth-order valence-electron chi connectivity index (χ4n) is 3.90. The number of rotatable bonds is 5. The first kappa shape index (κ1) is 17.9. The lowest BCUT2D eigenvalue weighted by molar-refractivity contribution is -0.132. The van der Waals surface area contributed by atoms with Gasteiger partial charge in [0.1, 0.15) is 5.75 Å². The Bertz CT molecular complexity index is 966. The van der Waals surface area contributed by atoms with Crippen molar-refractivity contribution in [2.45, 2.75) is 25.8 Å². The number of aryl methyl sites for hydroxylation is 1. The molecule has 0 spiro atoms. The minimum atomic E-state index is 0.0247. The van der Waals surface area contributed by atoms with E-state index in [0.717, 1.165) is 26.1 Å². The zero-order chi connectivity index (χ0) is 18.8. The number of para-hydroxylation sites is 1. The van der Waals surface area contributed by atoms with Crippen molar-refractivity contribution in [1.29, 1.82) is 0 Å². The van der Waals surface area contributed by atoms with Gasteiger partial charge in [0.05, 0.1) is 0 Å². The van der Waals surface area contributed by atoms with Gasteiger partial charge in [-0.2, -0.15) is 0 Å². The van der Waals surface area contributed by atoms with E-state index in [1.54, 1.807) is 12.1 Å². The molecular weight excluding hydrogens is 360 g/mol. The second kappa shape index (κ2) is 7.65. The van der Waals surface area contributed by atoms with Crippen molar-refractivity contribution in [3.63, 3.8) is 0 Å². The molecule has 5 heteroatoms. The van der Waals surface area contributed by atoms with Crippen LogP contribution in [-0.4, -0.2) is 35.1 Å². The lowest BCUT2D eigenvalue weighted by atomic mass is 9.98. The van der Waals surface area contributed by atoms with Crippen LogP contribution in [0.2, 0.25) is 5.02 Å². The van der Waals surface area contributed by atoms with Gasteiger partial charge in [0.2, 0.25) is 0 Å². The second-order valence-corrected chi connectivity index (χ2v) is 7.40. The molecule has 0 aliphatic carbocycles. The minimum absolute atomic E-state index is 0.0247. The lowest BCUT2D eigenvalue weighted by Crippen LogP contribution is -2.32. The lowest BCUT2D eigenvalue weighted by Gasteiger charge is -2.17. The number of hydrogen-bond donors (Lipinski definition) is 0. The van der Waals surface area contributed by atoms with Gasteiger partial charge in [-0.05, 0) is 43.2 Å². The Hall–Kier alpha value is -2.46. The molecule has 0 radical (unpaired) electrons. The molecule has 0 N–H and O–H groups in total. The number of ether oxygens (including phenoxy) is 1. The number of likely N-dealkylation sites (tertiary alicyclic amines) is 1. The van der Waals surface area contributed by atoms with Gasteiger partial charge < -0.3 is 14.2 Å². The van der Waals surface area contributed by atoms with Gasteiger partial charge in [0.15, 0.2) is 6.61 Å². The van der Waals surface area contributed by atoms with Crippen molar-refractivity contribution < 1.29 is 9.53 Å². The van der Waals surface area contributed by atoms with Crippen LogP contribution < -0.4 is 4.74 Å². The van der Waals surface area contributed by atoms with E-state index in [0.29, 0.717) is 16.7 Å². The molecule has 0 bridgehead atoms. The Morgan fingerprint density at radius 2 is 2.07 bits per heavy atom. The largest absolute Gasteiger partial charge is 0.484 e. The Morgan fingerprint density at radius 1 is 1.22 bits per heavy atom. The summed E-state index contributed by atoms with van der Waals surface area (Å²) in [6.45, 7) is 4.67. The van der Waals surface area contributed by atoms with Gasteiger partial charge in [-0.15, -0.1) is 0 Å². The summed E-state index contributed by atoms with van der Waals surface area (Å²) in [6, 6.07) is 15.7. The number of fused-ring (bicyclic) bond motifs is 1. The number of aromatic nitrogens is 1. The van der Waals surface area contributed by atoms with Gasteiger partial charge >= 0.3 is 0 Å². The molecule has 1 aliphatic rings. The molecule has 2 aromatic carbocycles. The van der Waals surface area contributed by atoms with Gasteiger partial charge in [-0.25, -0.2) is 0 Å². The average molecular weight is 383 g/mol. The van der Waals surface area contributed by atoms with Crippen molar-refractivity contribution in [3.05, 3.63) is 65.3 Å². The predicted octanol–water partition coefficient (Wildman–Crippen LogP) is 4.71. The van der Waals surface area contributed by atoms with Crippen molar-refractivity contribution in [3.8, 4) is 5.75 Å². The van der Waals surface area contributed by atoms with Crippen molar-refractivity contribution in [2.24, 2.45) is 0 Å². The summed E-state index contributed by atoms with van der Waals surface area (Å²) < 4.78 is 7.90. The molecule has 3 aromatic rings. The summed E-state index contributed by atoms with van der Waals surface area (Å²) in [5.74, 6) is 1.02. The molecule has 4 nitrogen and oxygen atoms in total. The van der Waals surface area contributed by atoms with Crippen molar-refractivity contribution in [1.82, 2.24) is 9.47 Å². The van der Waals surface area contributed by atoms with Crippen LogP contribution in [0.3, 0.4) is 0 Å². The highest BCUT2D eigenvalue weighted by molar-refractivity contribution is 6.30. The standard InChI is InChI=1S/C22H23ClN2O2/c1-2-24-14-20(19-8-3-4-9-21(19)24)16-10-11-25(13-16)22(26)15-27-18-7-5-6-17(23)12-18/h3-9,12,14,16H,2,10-11,13,15H2,1H3. The molecule has 140 valence electrons. The summed E-state index contributed by atoms with van der Waals surface area (Å²) in [6.07, 6.45) is 3.24. The van der Waals surface area contributed by atoms with E-state index >= 15 is 0 Å². The number of carbonyl (C=O) groups excluding carboxylic acids is 1. The zero-order valence-corrected chi connectivity index (χ0v) is 16.2. The highest BCUT2D eigenvalue weighted by Gasteiger charge is 2.29. The van der Waals surface area contributed by atoms with Crippen LogP contribution in [0, 0.1) is 0 Å². The Balaban J connectivity index is 1.43. The number of benzene rings is 2. The number of halogens is 1. The molecule has 1 amide bonds. The Labute approximate surface area is 164 Å². The Kier molecular flexibility index (Phi) is 5.08. The first-order chi connectivity index (χ1) is 13.2. The first-order valence-electron chi connectivity index (χ1n) is 9.39. The van der Waals surface area contributed by atoms with E-state index in [9.17, 15) is 4.79 Å². The first-order valence-corrected chi connectivity index (χ1v) is 9.77. The summed E-state index contributed by atoms with van der Waals surface area (Å²) in [4.78, 5) is 14.5. The fourth-order valence-corrected chi connectivity index (χ4v) is 4.08. The zero-order valence-electron chi connectivity index (χ0n) is 15.4. The van der Waals surface area contributed by atoms with Crippen LogP contribution in [0.1, 0.15) is 24.8 Å². The normalized spacial score (nSPS) is 16.8. The topological polar surface area (TPSA) is 34.5 Å². The quantitative estimate of drug-likeness (QED) is 0.640. The maximum Gasteiger partial charge on any atom is 0.260 e. The van der Waals surface area contributed by atoms with Crippen LogP contribution in [0.5, 0.6) is 5.75 Å². The molecular formula is C22H23ClN2O2. The third kappa shape index (κ3) is 3.67. The highest BCUT2D eigenvalue weighted by Crippen LogP contribution is 2.34. The molecule has 1 aromatic heterocycles. The van der Waals surface area contributed by atoms with Crippen LogP contribution >= 0.6 is 11.6 Å². The molecule has 1 unspecified atom stereocenters. The van der Waals surface area contributed by atoms with Crippen LogP contribution in [0.15, 0.2) is 54.7 Å². The number of nitrogens with zero attached hydrogens (tertiary/aromatic N) is 2. The van der Waals surface area contributed by atoms with E-state index in [2.05, 4.69) is 42.0 Å². The maximum atomic E-state index is 12.6. The molecule has 1 fully saturated rings. The maximum absolute atomic E-state index is 12.6. The van der Waals surface area contributed by atoms with Crippen molar-refractivity contribution in [2.75, 3.05) is 19.7 Å². The van der Waals surface area contributed by atoms with Gasteiger partial charge in [-0.1, -0.05) is 35.9 Å². The summed E-state index contributed by atoms with van der Waals surface area (Å²) >= 11 is 5.96. The summed E-state index contributed by atoms with van der Waals surface area (Å²) in [5.41, 5.74) is 2.61. The number of amides is 1. The van der Waals surface area contributed by atoms with Crippen LogP contribution in [0.25, 0.3) is 10.9 Å². The summed E-state index contributed by atoms with van der Waals surface area (Å²) in [5, 5.41) is 1.90.